The molecule has 0 saturated carbocycles. The van der Waals surface area contributed by atoms with Crippen molar-refractivity contribution in [3.63, 3.8) is 0 Å². The molecule has 24 heavy (non-hydrogen) atoms. The van der Waals surface area contributed by atoms with Gasteiger partial charge in [0.25, 0.3) is 5.91 Å². The number of ether oxygens (including phenoxy) is 1. The zero-order valence-corrected chi connectivity index (χ0v) is 13.6. The number of amides is 1. The first-order chi connectivity index (χ1) is 11.6. The molecule has 1 amide bonds. The van der Waals surface area contributed by atoms with E-state index in [9.17, 15) is 9.18 Å². The Bertz CT molecular complexity index is 709. The third-order valence-corrected chi connectivity index (χ3v) is 4.21. The van der Waals surface area contributed by atoms with Gasteiger partial charge in [0.05, 0.1) is 12.7 Å². The molecule has 1 atom stereocenters. The Kier molecular flexibility index (Phi) is 5.15. The van der Waals surface area contributed by atoms with Gasteiger partial charge in [0.1, 0.15) is 12.1 Å². The van der Waals surface area contributed by atoms with Crippen molar-refractivity contribution in [2.24, 2.45) is 0 Å². The number of nitrogens with zero attached hydrogens (tertiary/aromatic N) is 3. The number of aryl methyl sites for hydroxylation is 2. The van der Waals surface area contributed by atoms with E-state index in [-0.39, 0.29) is 17.8 Å². The lowest BCUT2D eigenvalue weighted by molar-refractivity contribution is -0.0247. The van der Waals surface area contributed by atoms with E-state index in [0.717, 1.165) is 18.5 Å². The monoisotopic (exact) mass is 329 g/mol. The molecule has 1 aromatic heterocycles. The first kappa shape index (κ1) is 16.5. The van der Waals surface area contributed by atoms with E-state index in [4.69, 9.17) is 4.74 Å². The first-order valence-corrected chi connectivity index (χ1v) is 8.05. The fraction of sp³-hybridized carbons (Fsp3) is 0.389. The van der Waals surface area contributed by atoms with E-state index in [1.807, 2.05) is 6.07 Å². The van der Waals surface area contributed by atoms with Crippen LogP contribution in [0.3, 0.4) is 0 Å². The van der Waals surface area contributed by atoms with Gasteiger partial charge in [-0.1, -0.05) is 6.07 Å². The number of rotatable bonds is 4. The minimum atomic E-state index is -0.352. The zero-order valence-electron chi connectivity index (χ0n) is 13.6. The molecule has 3 rings (SSSR count). The molecule has 0 aliphatic carbocycles. The van der Waals surface area contributed by atoms with Crippen LogP contribution >= 0.6 is 0 Å². The highest BCUT2D eigenvalue weighted by Crippen LogP contribution is 2.16. The van der Waals surface area contributed by atoms with Crippen LogP contribution < -0.4 is 0 Å². The summed E-state index contributed by atoms with van der Waals surface area (Å²) in [5, 5.41) is 0. The highest BCUT2D eigenvalue weighted by atomic mass is 19.1. The summed E-state index contributed by atoms with van der Waals surface area (Å²) in [6, 6.07) is 6.49. The molecule has 5 nitrogen and oxygen atoms in total. The van der Waals surface area contributed by atoms with E-state index in [1.54, 1.807) is 30.2 Å². The lowest BCUT2D eigenvalue weighted by Gasteiger charge is -2.33. The number of benzene rings is 1. The lowest BCUT2D eigenvalue weighted by Crippen LogP contribution is -2.45. The van der Waals surface area contributed by atoms with Crippen LogP contribution in [0.25, 0.3) is 0 Å². The van der Waals surface area contributed by atoms with E-state index in [2.05, 4.69) is 9.97 Å². The molecule has 6 heteroatoms. The summed E-state index contributed by atoms with van der Waals surface area (Å²) in [7, 11) is 0. The van der Waals surface area contributed by atoms with Gasteiger partial charge in [-0.3, -0.25) is 4.79 Å². The summed E-state index contributed by atoms with van der Waals surface area (Å²) in [6.07, 6.45) is 4.76. The van der Waals surface area contributed by atoms with Gasteiger partial charge < -0.3 is 9.64 Å². The summed E-state index contributed by atoms with van der Waals surface area (Å²) in [5.74, 6) is -0.501. The van der Waals surface area contributed by atoms with E-state index in [1.165, 1.54) is 12.4 Å². The van der Waals surface area contributed by atoms with Gasteiger partial charge >= 0.3 is 0 Å². The Morgan fingerprint density at radius 3 is 3.04 bits per heavy atom. The molecule has 0 unspecified atom stereocenters. The third-order valence-electron chi connectivity index (χ3n) is 4.21. The molecule has 0 bridgehead atoms. The first-order valence-electron chi connectivity index (χ1n) is 8.05. The van der Waals surface area contributed by atoms with Crippen molar-refractivity contribution in [1.29, 1.82) is 0 Å². The maximum Gasteiger partial charge on any atom is 0.254 e. The molecular formula is C18H20FN3O2. The molecule has 1 fully saturated rings. The second-order valence-electron chi connectivity index (χ2n) is 5.95. The number of morpholine rings is 1. The second-order valence-corrected chi connectivity index (χ2v) is 5.95. The van der Waals surface area contributed by atoms with E-state index in [0.29, 0.717) is 30.8 Å². The van der Waals surface area contributed by atoms with Crippen molar-refractivity contribution in [3.8, 4) is 0 Å². The van der Waals surface area contributed by atoms with Crippen molar-refractivity contribution >= 4 is 5.91 Å². The van der Waals surface area contributed by atoms with Gasteiger partial charge in [0.2, 0.25) is 0 Å². The quantitative estimate of drug-likeness (QED) is 0.864. The minimum Gasteiger partial charge on any atom is -0.375 e. The molecule has 126 valence electrons. The third kappa shape index (κ3) is 3.94. The molecule has 1 saturated heterocycles. The van der Waals surface area contributed by atoms with Gasteiger partial charge in [0.15, 0.2) is 0 Å². The molecule has 0 spiro atoms. The molecule has 1 aromatic carbocycles. The highest BCUT2D eigenvalue weighted by molar-refractivity contribution is 5.94. The van der Waals surface area contributed by atoms with Crippen molar-refractivity contribution in [1.82, 2.24) is 14.9 Å². The van der Waals surface area contributed by atoms with E-state index >= 15 is 0 Å². The maximum atomic E-state index is 13.7. The normalized spacial score (nSPS) is 17.8. The molecule has 2 heterocycles. The smallest absolute Gasteiger partial charge is 0.254 e. The molecule has 2 aromatic rings. The Hall–Kier alpha value is -2.34. The van der Waals surface area contributed by atoms with Crippen molar-refractivity contribution < 1.29 is 13.9 Å². The van der Waals surface area contributed by atoms with Gasteiger partial charge in [0, 0.05) is 30.5 Å². The number of hydrogen-bond acceptors (Lipinski definition) is 4. The Morgan fingerprint density at radius 2 is 2.29 bits per heavy atom. The van der Waals surface area contributed by atoms with Crippen LogP contribution in [0.5, 0.6) is 0 Å². The van der Waals surface area contributed by atoms with Crippen LogP contribution in [-0.4, -0.2) is 46.6 Å². The number of carbonyl (C=O) groups is 1. The number of aromatic nitrogens is 2. The summed E-state index contributed by atoms with van der Waals surface area (Å²) in [5.41, 5.74) is 1.88. The van der Waals surface area contributed by atoms with Crippen LogP contribution in [0, 0.1) is 12.7 Å². The highest BCUT2D eigenvalue weighted by Gasteiger charge is 2.25. The van der Waals surface area contributed by atoms with Crippen LogP contribution in [0.15, 0.2) is 36.8 Å². The van der Waals surface area contributed by atoms with Crippen molar-refractivity contribution in [2.45, 2.75) is 25.9 Å². The molecule has 1 aliphatic rings. The van der Waals surface area contributed by atoms with Crippen molar-refractivity contribution in [3.05, 3.63) is 59.4 Å². The van der Waals surface area contributed by atoms with Gasteiger partial charge in [-0.25, -0.2) is 14.4 Å². The van der Waals surface area contributed by atoms with Gasteiger partial charge in [-0.05, 0) is 43.5 Å². The predicted molar refractivity (Wildman–Crippen MR) is 87.1 cm³/mol. The Balaban J connectivity index is 1.60. The zero-order chi connectivity index (χ0) is 16.9. The number of carbonyl (C=O) groups excluding carboxylic acids is 1. The van der Waals surface area contributed by atoms with Crippen LogP contribution in [-0.2, 0) is 11.2 Å². The topological polar surface area (TPSA) is 55.3 Å². The average Bonchev–Trinajstić information content (AvgIpc) is 2.63. The standard InChI is InChI=1S/C18H20FN3O2/c1-13-2-3-14(10-17(13)19)18(23)22-8-9-24-16(11-22)5-4-15-6-7-20-12-21-15/h2-3,6-7,10,12,16H,4-5,8-9,11H2,1H3/t16-/m1/s1. The maximum absolute atomic E-state index is 13.7. The largest absolute Gasteiger partial charge is 0.375 e. The van der Waals surface area contributed by atoms with Crippen LogP contribution in [0.4, 0.5) is 4.39 Å². The predicted octanol–water partition coefficient (Wildman–Crippen LogP) is 2.40. The average molecular weight is 329 g/mol. The van der Waals surface area contributed by atoms with Gasteiger partial charge in [-0.2, -0.15) is 0 Å². The van der Waals surface area contributed by atoms with Crippen LogP contribution in [0.2, 0.25) is 0 Å². The molecule has 1 aliphatic heterocycles. The second kappa shape index (κ2) is 7.49. The summed E-state index contributed by atoms with van der Waals surface area (Å²) in [4.78, 5) is 22.4. The number of hydrogen-bond donors (Lipinski definition) is 0. The summed E-state index contributed by atoms with van der Waals surface area (Å²) in [6.45, 7) is 3.22. The fourth-order valence-corrected chi connectivity index (χ4v) is 2.76. The number of halogens is 1. The Morgan fingerprint density at radius 1 is 1.42 bits per heavy atom. The molecule has 0 N–H and O–H groups in total. The van der Waals surface area contributed by atoms with E-state index < -0.39 is 0 Å². The fourth-order valence-electron chi connectivity index (χ4n) is 2.76. The molecule has 0 radical (unpaired) electrons. The lowest BCUT2D eigenvalue weighted by atomic mass is 10.1. The summed E-state index contributed by atoms with van der Waals surface area (Å²) >= 11 is 0. The summed E-state index contributed by atoms with van der Waals surface area (Å²) < 4.78 is 19.4. The SMILES string of the molecule is Cc1ccc(C(=O)N2CCO[C@H](CCc3ccncn3)C2)cc1F. The van der Waals surface area contributed by atoms with Crippen molar-refractivity contribution in [2.75, 3.05) is 19.7 Å². The Labute approximate surface area is 140 Å². The van der Waals surface area contributed by atoms with Crippen LogP contribution in [0.1, 0.15) is 28.0 Å². The van der Waals surface area contributed by atoms with Gasteiger partial charge in [-0.15, -0.1) is 0 Å². The minimum absolute atomic E-state index is 0.0343. The molecular weight excluding hydrogens is 309 g/mol.